The molecule has 0 amide bonds. The summed E-state index contributed by atoms with van der Waals surface area (Å²) < 4.78 is 0. The van der Waals surface area contributed by atoms with E-state index in [-0.39, 0.29) is 11.5 Å². The number of imidazole rings is 1. The molecule has 0 bridgehead atoms. The standard InChI is InChI=1S/C13H10N2O.C7H6O2/c16-10-7-5-9(6-8-10)13-14-11-3-1-2-4-12(11)15-13;8-5-6-1-3-7(9)4-2-6/h1-8,16H,(H,14,15);1-5,9H. The zero-order valence-corrected chi connectivity index (χ0v) is 13.3. The minimum atomic E-state index is 0.181. The van der Waals surface area contributed by atoms with Crippen LogP contribution in [0, 0.1) is 0 Å². The van der Waals surface area contributed by atoms with Crippen molar-refractivity contribution in [2.45, 2.75) is 0 Å². The number of hydrogen-bond acceptors (Lipinski definition) is 4. The van der Waals surface area contributed by atoms with Crippen molar-refractivity contribution in [3.05, 3.63) is 78.4 Å². The van der Waals surface area contributed by atoms with Crippen LogP contribution in [0.15, 0.2) is 72.8 Å². The number of benzene rings is 3. The number of carbonyl (C=O) groups is 1. The molecule has 0 unspecified atom stereocenters. The first kappa shape index (κ1) is 16.3. The van der Waals surface area contributed by atoms with Crippen LogP contribution in [0.25, 0.3) is 22.4 Å². The van der Waals surface area contributed by atoms with Crippen molar-refractivity contribution in [3.63, 3.8) is 0 Å². The fourth-order valence-corrected chi connectivity index (χ4v) is 2.26. The lowest BCUT2D eigenvalue weighted by molar-refractivity contribution is 0.112. The van der Waals surface area contributed by atoms with Crippen LogP contribution in [0.4, 0.5) is 0 Å². The number of nitrogens with one attached hydrogen (secondary N) is 1. The highest BCUT2D eigenvalue weighted by atomic mass is 16.3. The Bertz CT molecular complexity index is 941. The second-order valence-electron chi connectivity index (χ2n) is 5.36. The first-order chi connectivity index (χ1) is 12.2. The van der Waals surface area contributed by atoms with Gasteiger partial charge in [-0.3, -0.25) is 4.79 Å². The SMILES string of the molecule is O=Cc1ccc(O)cc1.Oc1ccc(-c2nc3ccccc3[nH]2)cc1. The first-order valence-electron chi connectivity index (χ1n) is 7.64. The van der Waals surface area contributed by atoms with E-state index in [1.807, 2.05) is 36.4 Å². The molecule has 4 rings (SSSR count). The minimum absolute atomic E-state index is 0.181. The molecule has 1 heterocycles. The number of hydrogen-bond donors (Lipinski definition) is 3. The predicted octanol–water partition coefficient (Wildman–Crippen LogP) is 4.14. The Balaban J connectivity index is 0.000000173. The molecule has 0 aliphatic carbocycles. The Morgan fingerprint density at radius 1 is 0.800 bits per heavy atom. The summed E-state index contributed by atoms with van der Waals surface area (Å²) in [7, 11) is 0. The van der Waals surface area contributed by atoms with E-state index in [0.29, 0.717) is 5.56 Å². The number of aldehydes is 1. The van der Waals surface area contributed by atoms with E-state index < -0.39 is 0 Å². The molecule has 124 valence electrons. The number of carbonyl (C=O) groups excluding carboxylic acids is 1. The highest BCUT2D eigenvalue weighted by Crippen LogP contribution is 2.21. The Morgan fingerprint density at radius 3 is 2.00 bits per heavy atom. The van der Waals surface area contributed by atoms with Crippen LogP contribution in [-0.2, 0) is 0 Å². The van der Waals surface area contributed by atoms with Gasteiger partial charge >= 0.3 is 0 Å². The lowest BCUT2D eigenvalue weighted by Crippen LogP contribution is -1.78. The predicted molar refractivity (Wildman–Crippen MR) is 96.7 cm³/mol. The number of rotatable bonds is 2. The Labute approximate surface area is 144 Å². The van der Waals surface area contributed by atoms with E-state index in [4.69, 9.17) is 5.11 Å². The van der Waals surface area contributed by atoms with E-state index in [1.54, 1.807) is 24.3 Å². The Kier molecular flexibility index (Phi) is 4.76. The third-order valence-corrected chi connectivity index (χ3v) is 3.56. The number of fused-ring (bicyclic) bond motifs is 1. The summed E-state index contributed by atoms with van der Waals surface area (Å²) in [5.74, 6) is 1.27. The second kappa shape index (κ2) is 7.31. The number of aromatic hydroxyl groups is 2. The molecule has 1 aromatic heterocycles. The monoisotopic (exact) mass is 332 g/mol. The van der Waals surface area contributed by atoms with Crippen molar-refractivity contribution in [1.82, 2.24) is 9.97 Å². The molecule has 5 nitrogen and oxygen atoms in total. The van der Waals surface area contributed by atoms with Crippen LogP contribution in [0.5, 0.6) is 11.5 Å². The zero-order valence-electron chi connectivity index (χ0n) is 13.3. The molecule has 0 fully saturated rings. The fourth-order valence-electron chi connectivity index (χ4n) is 2.26. The molecule has 0 spiro atoms. The van der Waals surface area contributed by atoms with E-state index in [0.717, 1.165) is 28.7 Å². The summed E-state index contributed by atoms with van der Waals surface area (Å²) in [6.07, 6.45) is 0.736. The number of H-pyrrole nitrogens is 1. The van der Waals surface area contributed by atoms with Gasteiger partial charge in [0.1, 0.15) is 23.6 Å². The maximum atomic E-state index is 10.0. The molecule has 0 aliphatic rings. The minimum Gasteiger partial charge on any atom is -0.508 e. The van der Waals surface area contributed by atoms with Gasteiger partial charge in [0.25, 0.3) is 0 Å². The molecule has 0 atom stereocenters. The maximum absolute atomic E-state index is 10.0. The zero-order chi connectivity index (χ0) is 17.6. The Hall–Kier alpha value is -3.60. The highest BCUT2D eigenvalue weighted by molar-refractivity contribution is 5.79. The van der Waals surface area contributed by atoms with Gasteiger partial charge in [0.15, 0.2) is 0 Å². The topological polar surface area (TPSA) is 86.2 Å². The lowest BCUT2D eigenvalue weighted by Gasteiger charge is -1.95. The van der Waals surface area contributed by atoms with Gasteiger partial charge < -0.3 is 15.2 Å². The third-order valence-electron chi connectivity index (χ3n) is 3.56. The molecule has 0 saturated heterocycles. The van der Waals surface area contributed by atoms with E-state index in [9.17, 15) is 9.90 Å². The van der Waals surface area contributed by atoms with Gasteiger partial charge in [-0.05, 0) is 60.7 Å². The number of nitrogens with zero attached hydrogens (tertiary/aromatic N) is 1. The summed E-state index contributed by atoms with van der Waals surface area (Å²) in [4.78, 5) is 17.8. The summed E-state index contributed by atoms with van der Waals surface area (Å²) in [6, 6.07) is 21.0. The molecular formula is C20H16N2O3. The molecule has 0 radical (unpaired) electrons. The average Bonchev–Trinajstić information content (AvgIpc) is 3.08. The van der Waals surface area contributed by atoms with Crippen LogP contribution in [0.1, 0.15) is 10.4 Å². The van der Waals surface area contributed by atoms with Crippen molar-refractivity contribution < 1.29 is 15.0 Å². The maximum Gasteiger partial charge on any atom is 0.150 e. The average molecular weight is 332 g/mol. The van der Waals surface area contributed by atoms with Gasteiger partial charge in [-0.25, -0.2) is 4.98 Å². The van der Waals surface area contributed by atoms with Crippen LogP contribution < -0.4 is 0 Å². The summed E-state index contributed by atoms with van der Waals surface area (Å²) in [5.41, 5.74) is 3.51. The number of phenolic OH excluding ortho intramolecular Hbond substituents is 2. The van der Waals surface area contributed by atoms with E-state index in [1.165, 1.54) is 12.1 Å². The molecule has 4 aromatic rings. The highest BCUT2D eigenvalue weighted by Gasteiger charge is 2.03. The number of aromatic amines is 1. The van der Waals surface area contributed by atoms with Gasteiger partial charge in [-0.2, -0.15) is 0 Å². The van der Waals surface area contributed by atoms with Gasteiger partial charge in [0, 0.05) is 11.1 Å². The molecule has 25 heavy (non-hydrogen) atoms. The van der Waals surface area contributed by atoms with Crippen molar-refractivity contribution in [2.75, 3.05) is 0 Å². The molecule has 0 saturated carbocycles. The summed E-state index contributed by atoms with van der Waals surface area (Å²) in [5, 5.41) is 17.9. The number of phenols is 2. The number of aromatic nitrogens is 2. The van der Waals surface area contributed by atoms with Crippen molar-refractivity contribution in [3.8, 4) is 22.9 Å². The molecule has 3 N–H and O–H groups in total. The smallest absolute Gasteiger partial charge is 0.150 e. The van der Waals surface area contributed by atoms with Crippen molar-refractivity contribution in [1.29, 1.82) is 0 Å². The van der Waals surface area contributed by atoms with Crippen LogP contribution in [0.2, 0.25) is 0 Å². The van der Waals surface area contributed by atoms with Crippen LogP contribution in [0.3, 0.4) is 0 Å². The van der Waals surface area contributed by atoms with Crippen molar-refractivity contribution >= 4 is 17.3 Å². The molecular weight excluding hydrogens is 316 g/mol. The normalized spacial score (nSPS) is 10.1. The summed E-state index contributed by atoms with van der Waals surface area (Å²) >= 11 is 0. The molecule has 3 aromatic carbocycles. The van der Waals surface area contributed by atoms with Gasteiger partial charge in [-0.15, -0.1) is 0 Å². The van der Waals surface area contributed by atoms with Gasteiger partial charge in [-0.1, -0.05) is 12.1 Å². The molecule has 5 heteroatoms. The second-order valence-corrected chi connectivity index (χ2v) is 5.36. The quantitative estimate of drug-likeness (QED) is 0.482. The first-order valence-corrected chi connectivity index (χ1v) is 7.64. The van der Waals surface area contributed by atoms with Crippen LogP contribution >= 0.6 is 0 Å². The van der Waals surface area contributed by atoms with Crippen LogP contribution in [-0.4, -0.2) is 26.5 Å². The fraction of sp³-hybridized carbons (Fsp3) is 0. The lowest BCUT2D eigenvalue weighted by atomic mass is 10.2. The van der Waals surface area contributed by atoms with E-state index >= 15 is 0 Å². The molecule has 0 aliphatic heterocycles. The largest absolute Gasteiger partial charge is 0.508 e. The van der Waals surface area contributed by atoms with Crippen molar-refractivity contribution in [2.24, 2.45) is 0 Å². The van der Waals surface area contributed by atoms with E-state index in [2.05, 4.69) is 9.97 Å². The Morgan fingerprint density at radius 2 is 1.40 bits per heavy atom. The van der Waals surface area contributed by atoms with Gasteiger partial charge in [0.2, 0.25) is 0 Å². The number of para-hydroxylation sites is 2. The van der Waals surface area contributed by atoms with Gasteiger partial charge in [0.05, 0.1) is 11.0 Å². The third kappa shape index (κ3) is 4.03. The summed E-state index contributed by atoms with van der Waals surface area (Å²) in [6.45, 7) is 0.